The lowest BCUT2D eigenvalue weighted by Crippen LogP contribution is -1.74. The fourth-order valence-corrected chi connectivity index (χ4v) is 1.40. The maximum atomic E-state index is 4.94. The van der Waals surface area contributed by atoms with Crippen LogP contribution in [-0.4, -0.2) is 13.2 Å². The van der Waals surface area contributed by atoms with Gasteiger partial charge in [0, 0.05) is 18.1 Å². The molecule has 0 amide bonds. The van der Waals surface area contributed by atoms with Crippen molar-refractivity contribution in [3.8, 4) is 0 Å². The van der Waals surface area contributed by atoms with Crippen molar-refractivity contribution < 1.29 is 4.74 Å². The molecule has 0 aromatic carbocycles. The third-order valence-corrected chi connectivity index (χ3v) is 2.29. The topological polar surface area (TPSA) is 9.23 Å². The lowest BCUT2D eigenvalue weighted by molar-refractivity contribution is 0.198. The van der Waals surface area contributed by atoms with E-state index in [9.17, 15) is 0 Å². The van der Waals surface area contributed by atoms with E-state index in [0.29, 0.717) is 0 Å². The number of aryl methyl sites for hydroxylation is 1. The molecule has 1 aliphatic heterocycles. The molecule has 0 saturated carbocycles. The zero-order valence-electron chi connectivity index (χ0n) is 6.88. The summed E-state index contributed by atoms with van der Waals surface area (Å²) in [5, 5.41) is 2.08. The molecule has 0 atom stereocenters. The first kappa shape index (κ1) is 8.75. The standard InChI is InChI=1S/C5H6S.C4H8O/c1-5-3-2-4-6-5;1-2-4-5-3-1/h2-4H,1H3;1-4H2. The maximum Gasteiger partial charge on any atom is 0.0466 e. The van der Waals surface area contributed by atoms with Gasteiger partial charge in [-0.05, 0) is 31.2 Å². The maximum absolute atomic E-state index is 4.94. The zero-order valence-corrected chi connectivity index (χ0v) is 7.69. The van der Waals surface area contributed by atoms with Crippen molar-refractivity contribution in [1.82, 2.24) is 0 Å². The summed E-state index contributed by atoms with van der Waals surface area (Å²) in [6, 6.07) is 4.16. The largest absolute Gasteiger partial charge is 0.381 e. The van der Waals surface area contributed by atoms with E-state index in [1.54, 1.807) is 11.3 Å². The first-order valence-electron chi connectivity index (χ1n) is 3.97. The highest BCUT2D eigenvalue weighted by molar-refractivity contribution is 7.09. The van der Waals surface area contributed by atoms with Crippen LogP contribution in [0.25, 0.3) is 0 Å². The van der Waals surface area contributed by atoms with Gasteiger partial charge in [0.25, 0.3) is 0 Å². The van der Waals surface area contributed by atoms with E-state index in [2.05, 4.69) is 24.4 Å². The fourth-order valence-electron chi connectivity index (χ4n) is 0.871. The average molecular weight is 170 g/mol. The van der Waals surface area contributed by atoms with E-state index < -0.39 is 0 Å². The second-order valence-corrected chi connectivity index (χ2v) is 3.69. The van der Waals surface area contributed by atoms with Crippen LogP contribution in [-0.2, 0) is 4.74 Å². The van der Waals surface area contributed by atoms with Crippen molar-refractivity contribution >= 4 is 11.3 Å². The summed E-state index contributed by atoms with van der Waals surface area (Å²) in [7, 11) is 0. The summed E-state index contributed by atoms with van der Waals surface area (Å²) in [5.74, 6) is 0. The molecule has 0 unspecified atom stereocenters. The van der Waals surface area contributed by atoms with Crippen molar-refractivity contribution in [2.75, 3.05) is 13.2 Å². The molecule has 0 bridgehead atoms. The van der Waals surface area contributed by atoms with Gasteiger partial charge >= 0.3 is 0 Å². The van der Waals surface area contributed by atoms with Gasteiger partial charge in [-0.2, -0.15) is 0 Å². The molecule has 0 spiro atoms. The molecule has 1 saturated heterocycles. The van der Waals surface area contributed by atoms with E-state index in [1.807, 2.05) is 0 Å². The smallest absolute Gasteiger partial charge is 0.0466 e. The molecular formula is C9H14OS. The highest BCUT2D eigenvalue weighted by atomic mass is 32.1. The van der Waals surface area contributed by atoms with Crippen LogP contribution in [0.1, 0.15) is 17.7 Å². The summed E-state index contributed by atoms with van der Waals surface area (Å²) in [5.41, 5.74) is 0. The number of rotatable bonds is 0. The van der Waals surface area contributed by atoms with Crippen molar-refractivity contribution in [3.05, 3.63) is 22.4 Å². The predicted molar refractivity (Wildman–Crippen MR) is 49.1 cm³/mol. The van der Waals surface area contributed by atoms with Crippen LogP contribution in [0, 0.1) is 6.92 Å². The van der Waals surface area contributed by atoms with Gasteiger partial charge in [0.15, 0.2) is 0 Å². The van der Waals surface area contributed by atoms with E-state index in [-0.39, 0.29) is 0 Å². The molecule has 11 heavy (non-hydrogen) atoms. The molecule has 2 heterocycles. The Bertz CT molecular complexity index is 158. The minimum absolute atomic E-state index is 1.00. The van der Waals surface area contributed by atoms with Gasteiger partial charge in [0.2, 0.25) is 0 Å². The van der Waals surface area contributed by atoms with Crippen LogP contribution in [0.15, 0.2) is 17.5 Å². The fraction of sp³-hybridized carbons (Fsp3) is 0.556. The van der Waals surface area contributed by atoms with E-state index in [0.717, 1.165) is 13.2 Å². The SMILES string of the molecule is C1CCOC1.Cc1cccs1. The van der Waals surface area contributed by atoms with Crippen LogP contribution in [0.3, 0.4) is 0 Å². The number of ether oxygens (including phenoxy) is 1. The van der Waals surface area contributed by atoms with Crippen LogP contribution in [0.2, 0.25) is 0 Å². The van der Waals surface area contributed by atoms with Gasteiger partial charge in [-0.25, -0.2) is 0 Å². The summed E-state index contributed by atoms with van der Waals surface area (Å²) in [6.07, 6.45) is 2.56. The van der Waals surface area contributed by atoms with Gasteiger partial charge < -0.3 is 4.74 Å². The Morgan fingerprint density at radius 3 is 2.27 bits per heavy atom. The van der Waals surface area contributed by atoms with Gasteiger partial charge in [0.1, 0.15) is 0 Å². The normalized spacial score (nSPS) is 15.7. The minimum Gasteiger partial charge on any atom is -0.381 e. The second kappa shape index (κ2) is 5.33. The Kier molecular flexibility index (Phi) is 4.24. The molecule has 2 rings (SSSR count). The molecule has 1 nitrogen and oxygen atoms in total. The van der Waals surface area contributed by atoms with Gasteiger partial charge in [-0.3, -0.25) is 0 Å². The minimum atomic E-state index is 1.00. The summed E-state index contributed by atoms with van der Waals surface area (Å²) in [6.45, 7) is 4.10. The summed E-state index contributed by atoms with van der Waals surface area (Å²) in [4.78, 5) is 1.38. The summed E-state index contributed by atoms with van der Waals surface area (Å²) < 4.78 is 4.94. The molecule has 1 aromatic heterocycles. The van der Waals surface area contributed by atoms with Crippen molar-refractivity contribution in [2.24, 2.45) is 0 Å². The predicted octanol–water partition coefficient (Wildman–Crippen LogP) is 2.85. The van der Waals surface area contributed by atoms with Gasteiger partial charge in [-0.1, -0.05) is 6.07 Å². The third kappa shape index (κ3) is 4.17. The Labute approximate surface area is 72.0 Å². The Balaban J connectivity index is 0.000000112. The summed E-state index contributed by atoms with van der Waals surface area (Å²) >= 11 is 1.78. The Hall–Kier alpha value is -0.340. The van der Waals surface area contributed by atoms with Crippen LogP contribution >= 0.6 is 11.3 Å². The Morgan fingerprint density at radius 1 is 1.36 bits per heavy atom. The highest BCUT2D eigenvalue weighted by Gasteiger charge is 1.94. The molecule has 1 aromatic rings. The van der Waals surface area contributed by atoms with Crippen molar-refractivity contribution in [3.63, 3.8) is 0 Å². The van der Waals surface area contributed by atoms with E-state index >= 15 is 0 Å². The number of hydrogen-bond acceptors (Lipinski definition) is 2. The molecule has 1 aliphatic rings. The first-order chi connectivity index (χ1) is 5.39. The van der Waals surface area contributed by atoms with Gasteiger partial charge in [-0.15, -0.1) is 11.3 Å². The van der Waals surface area contributed by atoms with E-state index in [1.165, 1.54) is 17.7 Å². The molecule has 1 fully saturated rings. The van der Waals surface area contributed by atoms with Crippen molar-refractivity contribution in [2.45, 2.75) is 19.8 Å². The molecule has 0 N–H and O–H groups in total. The Morgan fingerprint density at radius 2 is 2.09 bits per heavy atom. The van der Waals surface area contributed by atoms with Crippen LogP contribution in [0.5, 0.6) is 0 Å². The highest BCUT2D eigenvalue weighted by Crippen LogP contribution is 2.03. The molecule has 62 valence electrons. The van der Waals surface area contributed by atoms with Crippen LogP contribution < -0.4 is 0 Å². The number of thiophene rings is 1. The third-order valence-electron chi connectivity index (χ3n) is 1.49. The zero-order chi connectivity index (χ0) is 7.94. The number of hydrogen-bond donors (Lipinski definition) is 0. The van der Waals surface area contributed by atoms with Crippen molar-refractivity contribution in [1.29, 1.82) is 0 Å². The average Bonchev–Trinajstić information content (AvgIpc) is 2.57. The lowest BCUT2D eigenvalue weighted by atomic mass is 10.4. The van der Waals surface area contributed by atoms with Crippen LogP contribution in [0.4, 0.5) is 0 Å². The van der Waals surface area contributed by atoms with E-state index in [4.69, 9.17) is 4.74 Å². The lowest BCUT2D eigenvalue weighted by Gasteiger charge is -1.76. The molecule has 2 heteroatoms. The quantitative estimate of drug-likeness (QED) is 0.581. The monoisotopic (exact) mass is 170 g/mol. The second-order valence-electron chi connectivity index (χ2n) is 2.54. The molecular weight excluding hydrogens is 156 g/mol. The molecule has 0 radical (unpaired) electrons. The molecule has 0 aliphatic carbocycles. The first-order valence-corrected chi connectivity index (χ1v) is 4.85. The van der Waals surface area contributed by atoms with Gasteiger partial charge in [0.05, 0.1) is 0 Å².